The molecule has 0 aliphatic heterocycles. The van der Waals surface area contributed by atoms with Gasteiger partial charge in [0.15, 0.2) is 0 Å². The molecule has 3 rings (SSSR count). The molecule has 0 heterocycles. The summed E-state index contributed by atoms with van der Waals surface area (Å²) in [4.78, 5) is 0. The molecule has 3 nitrogen and oxygen atoms in total. The molecule has 3 heteroatoms. The van der Waals surface area contributed by atoms with Crippen LogP contribution >= 0.6 is 0 Å². The molecule has 1 saturated carbocycles. The molecule has 0 radical (unpaired) electrons. The fourth-order valence-electron chi connectivity index (χ4n) is 2.26. The van der Waals surface area contributed by atoms with Crippen LogP contribution in [0.15, 0.2) is 48.5 Å². The maximum Gasteiger partial charge on any atom is 0.119 e. The van der Waals surface area contributed by atoms with Gasteiger partial charge in [0.2, 0.25) is 0 Å². The van der Waals surface area contributed by atoms with E-state index >= 15 is 0 Å². The number of aliphatic hydroxyl groups excluding tert-OH is 1. The molecule has 110 valence electrons. The summed E-state index contributed by atoms with van der Waals surface area (Å²) < 4.78 is 10.8. The molecule has 0 aromatic heterocycles. The van der Waals surface area contributed by atoms with E-state index in [0.717, 1.165) is 35.3 Å². The zero-order chi connectivity index (χ0) is 14.7. The van der Waals surface area contributed by atoms with E-state index in [-0.39, 0.29) is 0 Å². The minimum atomic E-state index is -0.614. The second-order valence-electron chi connectivity index (χ2n) is 5.46. The Labute approximate surface area is 125 Å². The van der Waals surface area contributed by atoms with Crippen molar-refractivity contribution in [1.29, 1.82) is 0 Å². The van der Waals surface area contributed by atoms with E-state index in [9.17, 15) is 5.11 Å². The lowest BCUT2D eigenvalue weighted by atomic mass is 10.0. The molecule has 1 aliphatic carbocycles. The predicted octanol–water partition coefficient (Wildman–Crippen LogP) is 3.46. The Morgan fingerprint density at radius 3 is 2.10 bits per heavy atom. The van der Waals surface area contributed by atoms with E-state index in [4.69, 9.17) is 9.47 Å². The van der Waals surface area contributed by atoms with Gasteiger partial charge in [-0.3, -0.25) is 0 Å². The van der Waals surface area contributed by atoms with Crippen molar-refractivity contribution in [3.63, 3.8) is 0 Å². The first-order valence-electron chi connectivity index (χ1n) is 7.29. The SMILES string of the molecule is COCc1ccc(C(O)c2ccc(OC3CC3)cc2)cc1. The third kappa shape index (κ3) is 3.63. The molecule has 0 saturated heterocycles. The highest BCUT2D eigenvalue weighted by molar-refractivity contribution is 5.35. The first-order valence-corrected chi connectivity index (χ1v) is 7.29. The maximum atomic E-state index is 10.4. The van der Waals surface area contributed by atoms with E-state index < -0.39 is 6.10 Å². The summed E-state index contributed by atoms with van der Waals surface area (Å²) >= 11 is 0. The second-order valence-corrected chi connectivity index (χ2v) is 5.46. The summed E-state index contributed by atoms with van der Waals surface area (Å²) in [6.07, 6.45) is 2.09. The maximum absolute atomic E-state index is 10.4. The van der Waals surface area contributed by atoms with Crippen LogP contribution < -0.4 is 4.74 Å². The zero-order valence-electron chi connectivity index (χ0n) is 12.2. The normalized spacial score (nSPS) is 15.7. The number of hydrogen-bond donors (Lipinski definition) is 1. The van der Waals surface area contributed by atoms with Crippen LogP contribution in [0, 0.1) is 0 Å². The lowest BCUT2D eigenvalue weighted by Gasteiger charge is -2.13. The van der Waals surface area contributed by atoms with Crippen molar-refractivity contribution in [3.05, 3.63) is 65.2 Å². The molecule has 1 aliphatic rings. The largest absolute Gasteiger partial charge is 0.490 e. The van der Waals surface area contributed by atoms with Crippen molar-refractivity contribution in [2.75, 3.05) is 7.11 Å². The van der Waals surface area contributed by atoms with Gasteiger partial charge in [-0.1, -0.05) is 36.4 Å². The van der Waals surface area contributed by atoms with Crippen LogP contribution in [0.1, 0.15) is 35.6 Å². The summed E-state index contributed by atoms with van der Waals surface area (Å²) in [7, 11) is 1.67. The molecule has 1 fully saturated rings. The van der Waals surface area contributed by atoms with Gasteiger partial charge < -0.3 is 14.6 Å². The fourth-order valence-corrected chi connectivity index (χ4v) is 2.26. The van der Waals surface area contributed by atoms with Gasteiger partial charge in [-0.25, -0.2) is 0 Å². The van der Waals surface area contributed by atoms with Crippen LogP contribution in [0.4, 0.5) is 0 Å². The summed E-state index contributed by atoms with van der Waals surface area (Å²) in [6.45, 7) is 0.587. The minimum absolute atomic E-state index is 0.397. The number of rotatable bonds is 6. The third-order valence-electron chi connectivity index (χ3n) is 3.63. The first kappa shape index (κ1) is 14.1. The van der Waals surface area contributed by atoms with Crippen molar-refractivity contribution < 1.29 is 14.6 Å². The van der Waals surface area contributed by atoms with Gasteiger partial charge in [0.25, 0.3) is 0 Å². The van der Waals surface area contributed by atoms with Crippen LogP contribution in [0.3, 0.4) is 0 Å². The minimum Gasteiger partial charge on any atom is -0.490 e. The highest BCUT2D eigenvalue weighted by Crippen LogP contribution is 2.29. The van der Waals surface area contributed by atoms with Gasteiger partial charge in [-0.2, -0.15) is 0 Å². The number of hydrogen-bond acceptors (Lipinski definition) is 3. The van der Waals surface area contributed by atoms with Crippen LogP contribution in [0.25, 0.3) is 0 Å². The van der Waals surface area contributed by atoms with Crippen LogP contribution in [-0.2, 0) is 11.3 Å². The Balaban J connectivity index is 1.69. The monoisotopic (exact) mass is 284 g/mol. The van der Waals surface area contributed by atoms with E-state index in [2.05, 4.69) is 0 Å². The Bertz CT molecular complexity index is 570. The van der Waals surface area contributed by atoms with Gasteiger partial charge in [0, 0.05) is 7.11 Å². The standard InChI is InChI=1S/C18H20O3/c1-20-12-13-2-4-14(5-3-13)18(19)15-6-8-16(9-7-15)21-17-10-11-17/h2-9,17-19H,10-12H2,1H3. The Hall–Kier alpha value is -1.84. The molecule has 21 heavy (non-hydrogen) atoms. The number of benzene rings is 2. The predicted molar refractivity (Wildman–Crippen MR) is 81.3 cm³/mol. The van der Waals surface area contributed by atoms with Crippen LogP contribution in [0.5, 0.6) is 5.75 Å². The molecule has 0 spiro atoms. The molecule has 1 N–H and O–H groups in total. The molecular weight excluding hydrogens is 264 g/mol. The number of aliphatic hydroxyl groups is 1. The average Bonchev–Trinajstić information content (AvgIpc) is 3.32. The fraction of sp³-hybridized carbons (Fsp3) is 0.333. The molecule has 1 unspecified atom stereocenters. The van der Waals surface area contributed by atoms with Crippen molar-refractivity contribution in [1.82, 2.24) is 0 Å². The van der Waals surface area contributed by atoms with Gasteiger partial charge in [0.05, 0.1) is 12.7 Å². The Morgan fingerprint density at radius 2 is 1.57 bits per heavy atom. The molecule has 0 amide bonds. The van der Waals surface area contributed by atoms with Crippen molar-refractivity contribution >= 4 is 0 Å². The van der Waals surface area contributed by atoms with Crippen LogP contribution in [0.2, 0.25) is 0 Å². The first-order chi connectivity index (χ1) is 10.3. The lowest BCUT2D eigenvalue weighted by molar-refractivity contribution is 0.184. The Morgan fingerprint density at radius 1 is 1.00 bits per heavy atom. The van der Waals surface area contributed by atoms with Crippen molar-refractivity contribution in [2.45, 2.75) is 31.7 Å². The van der Waals surface area contributed by atoms with E-state index in [1.807, 2.05) is 48.5 Å². The zero-order valence-corrected chi connectivity index (χ0v) is 12.2. The van der Waals surface area contributed by atoms with Gasteiger partial charge in [-0.05, 0) is 41.7 Å². The van der Waals surface area contributed by atoms with Gasteiger partial charge in [-0.15, -0.1) is 0 Å². The molecule has 2 aromatic carbocycles. The van der Waals surface area contributed by atoms with E-state index in [1.54, 1.807) is 7.11 Å². The third-order valence-corrected chi connectivity index (χ3v) is 3.63. The number of methoxy groups -OCH3 is 1. The highest BCUT2D eigenvalue weighted by Gasteiger charge is 2.23. The van der Waals surface area contributed by atoms with Gasteiger partial charge in [0.1, 0.15) is 11.9 Å². The van der Waals surface area contributed by atoms with E-state index in [0.29, 0.717) is 12.7 Å². The summed E-state index contributed by atoms with van der Waals surface area (Å²) in [5, 5.41) is 10.4. The molecule has 0 bridgehead atoms. The molecule has 2 aromatic rings. The second kappa shape index (κ2) is 6.29. The summed E-state index contributed by atoms with van der Waals surface area (Å²) in [5.74, 6) is 0.879. The topological polar surface area (TPSA) is 38.7 Å². The van der Waals surface area contributed by atoms with Crippen molar-refractivity contribution in [2.24, 2.45) is 0 Å². The number of ether oxygens (including phenoxy) is 2. The average molecular weight is 284 g/mol. The molecular formula is C18H20O3. The quantitative estimate of drug-likeness (QED) is 0.883. The summed E-state index contributed by atoms with van der Waals surface area (Å²) in [6, 6.07) is 15.5. The Kier molecular flexibility index (Phi) is 4.23. The molecule has 1 atom stereocenters. The lowest BCUT2D eigenvalue weighted by Crippen LogP contribution is -2.01. The van der Waals surface area contributed by atoms with Crippen molar-refractivity contribution in [3.8, 4) is 5.75 Å². The van der Waals surface area contributed by atoms with E-state index in [1.165, 1.54) is 0 Å². The summed E-state index contributed by atoms with van der Waals surface area (Å²) in [5.41, 5.74) is 2.85. The van der Waals surface area contributed by atoms with Crippen LogP contribution in [-0.4, -0.2) is 18.3 Å². The highest BCUT2D eigenvalue weighted by atomic mass is 16.5. The smallest absolute Gasteiger partial charge is 0.119 e. The van der Waals surface area contributed by atoms with Gasteiger partial charge >= 0.3 is 0 Å².